The van der Waals surface area contributed by atoms with Crippen LogP contribution in [-0.2, 0) is 4.79 Å². The molecule has 0 fully saturated rings. The van der Waals surface area contributed by atoms with Gasteiger partial charge in [-0.05, 0) is 18.2 Å². The predicted octanol–water partition coefficient (Wildman–Crippen LogP) is 2.69. The topological polar surface area (TPSA) is 20.3 Å². The van der Waals surface area contributed by atoms with Gasteiger partial charge in [-0.3, -0.25) is 4.79 Å². The first-order valence-electron chi connectivity index (χ1n) is 4.34. The summed E-state index contributed by atoms with van der Waals surface area (Å²) in [6, 6.07) is 4.37. The fourth-order valence-electron chi connectivity index (χ4n) is 1.24. The number of nitrogens with zero attached hydrogens (tertiary/aromatic N) is 1. The maximum absolute atomic E-state index is 13.1. The van der Waals surface area contributed by atoms with Crippen LogP contribution in [0.4, 0.5) is 4.39 Å². The summed E-state index contributed by atoms with van der Waals surface area (Å²) in [4.78, 5) is 12.2. The van der Waals surface area contributed by atoms with E-state index in [2.05, 4.69) is 15.9 Å². The number of carbonyl (C=O) groups is 1. The van der Waals surface area contributed by atoms with Crippen LogP contribution in [0.2, 0.25) is 0 Å². The van der Waals surface area contributed by atoms with Gasteiger partial charge in [0.25, 0.3) is 0 Å². The Kier molecular flexibility index (Phi) is 4.03. The normalized spacial score (nSPS) is 11.3. The maximum atomic E-state index is 13.1. The van der Waals surface area contributed by atoms with Crippen LogP contribution in [0.5, 0.6) is 0 Å². The summed E-state index contributed by atoms with van der Waals surface area (Å²) in [5, 5.41) is 0. The SMILES string of the molecule is CN(C)C(=CC=O)c1cc(F)ccc1Br. The summed E-state index contributed by atoms with van der Waals surface area (Å²) in [7, 11) is 3.60. The Morgan fingerprint density at radius 1 is 1.47 bits per heavy atom. The number of hydrogen-bond acceptors (Lipinski definition) is 2. The molecule has 15 heavy (non-hydrogen) atoms. The van der Waals surface area contributed by atoms with E-state index in [4.69, 9.17) is 0 Å². The van der Waals surface area contributed by atoms with Crippen molar-refractivity contribution in [1.82, 2.24) is 4.90 Å². The Morgan fingerprint density at radius 2 is 2.13 bits per heavy atom. The van der Waals surface area contributed by atoms with E-state index in [1.165, 1.54) is 18.2 Å². The summed E-state index contributed by atoms with van der Waals surface area (Å²) in [6.07, 6.45) is 2.09. The molecule has 2 nitrogen and oxygen atoms in total. The molecular weight excluding hydrogens is 261 g/mol. The van der Waals surface area contributed by atoms with Crippen LogP contribution in [0.3, 0.4) is 0 Å². The van der Waals surface area contributed by atoms with E-state index in [-0.39, 0.29) is 5.82 Å². The van der Waals surface area contributed by atoms with Gasteiger partial charge in [0, 0.05) is 35.9 Å². The number of benzene rings is 1. The molecule has 0 heterocycles. The van der Waals surface area contributed by atoms with Gasteiger partial charge in [0.2, 0.25) is 0 Å². The van der Waals surface area contributed by atoms with Gasteiger partial charge in [-0.25, -0.2) is 4.39 Å². The summed E-state index contributed by atoms with van der Waals surface area (Å²) >= 11 is 3.32. The molecule has 0 saturated heterocycles. The largest absolute Gasteiger partial charge is 0.377 e. The highest BCUT2D eigenvalue weighted by Gasteiger charge is 2.09. The van der Waals surface area contributed by atoms with Crippen molar-refractivity contribution in [3.63, 3.8) is 0 Å². The molecule has 0 aromatic heterocycles. The van der Waals surface area contributed by atoms with Crippen LogP contribution in [-0.4, -0.2) is 25.3 Å². The molecule has 0 radical (unpaired) electrons. The van der Waals surface area contributed by atoms with Gasteiger partial charge in [-0.2, -0.15) is 0 Å². The second-order valence-corrected chi connectivity index (χ2v) is 4.06. The van der Waals surface area contributed by atoms with E-state index in [0.717, 1.165) is 4.47 Å². The summed E-state index contributed by atoms with van der Waals surface area (Å²) in [5.41, 5.74) is 1.32. The van der Waals surface area contributed by atoms with Crippen molar-refractivity contribution in [2.24, 2.45) is 0 Å². The molecule has 0 unspecified atom stereocenters. The molecule has 0 spiro atoms. The molecule has 0 aliphatic heterocycles. The third kappa shape index (κ3) is 2.89. The van der Waals surface area contributed by atoms with E-state index in [0.29, 0.717) is 17.5 Å². The molecule has 1 aromatic carbocycles. The van der Waals surface area contributed by atoms with Crippen LogP contribution in [0.25, 0.3) is 5.70 Å². The summed E-state index contributed by atoms with van der Waals surface area (Å²) in [5.74, 6) is -0.327. The lowest BCUT2D eigenvalue weighted by atomic mass is 10.1. The Hall–Kier alpha value is -1.16. The average Bonchev–Trinajstić information content (AvgIpc) is 2.18. The predicted molar refractivity (Wildman–Crippen MR) is 61.8 cm³/mol. The van der Waals surface area contributed by atoms with Gasteiger partial charge in [0.15, 0.2) is 0 Å². The zero-order valence-electron chi connectivity index (χ0n) is 8.50. The lowest BCUT2D eigenvalue weighted by Crippen LogP contribution is -2.10. The first-order valence-corrected chi connectivity index (χ1v) is 5.13. The second-order valence-electron chi connectivity index (χ2n) is 3.21. The van der Waals surface area contributed by atoms with Crippen molar-refractivity contribution in [2.45, 2.75) is 0 Å². The monoisotopic (exact) mass is 271 g/mol. The quantitative estimate of drug-likeness (QED) is 0.623. The van der Waals surface area contributed by atoms with Gasteiger partial charge in [-0.15, -0.1) is 0 Å². The number of carbonyl (C=O) groups excluding carboxylic acids is 1. The van der Waals surface area contributed by atoms with E-state index in [1.54, 1.807) is 25.1 Å². The van der Waals surface area contributed by atoms with Crippen molar-refractivity contribution in [1.29, 1.82) is 0 Å². The van der Waals surface area contributed by atoms with Gasteiger partial charge in [0.05, 0.1) is 0 Å². The second kappa shape index (κ2) is 5.07. The van der Waals surface area contributed by atoms with Crippen molar-refractivity contribution in [3.05, 3.63) is 40.1 Å². The zero-order valence-corrected chi connectivity index (χ0v) is 10.1. The average molecular weight is 272 g/mol. The standard InChI is InChI=1S/C11H11BrFNO/c1-14(2)11(5-6-15)9-7-8(13)3-4-10(9)12/h3-7H,1-2H3. The maximum Gasteiger partial charge on any atom is 0.144 e. The first-order chi connectivity index (χ1) is 7.06. The zero-order chi connectivity index (χ0) is 11.4. The third-order valence-electron chi connectivity index (χ3n) is 1.91. The molecule has 0 atom stereocenters. The van der Waals surface area contributed by atoms with Gasteiger partial charge in [-0.1, -0.05) is 15.9 Å². The van der Waals surface area contributed by atoms with Crippen molar-refractivity contribution >= 4 is 27.9 Å². The molecule has 0 aliphatic carbocycles. The fraction of sp³-hybridized carbons (Fsp3) is 0.182. The Bertz CT molecular complexity index is 402. The highest BCUT2D eigenvalue weighted by Crippen LogP contribution is 2.26. The van der Waals surface area contributed by atoms with Crippen LogP contribution < -0.4 is 0 Å². The van der Waals surface area contributed by atoms with Gasteiger partial charge >= 0.3 is 0 Å². The number of halogens is 2. The Morgan fingerprint density at radius 3 is 2.67 bits per heavy atom. The minimum absolute atomic E-state index is 0.327. The molecule has 0 amide bonds. The van der Waals surface area contributed by atoms with Crippen LogP contribution in [0.15, 0.2) is 28.7 Å². The van der Waals surface area contributed by atoms with E-state index < -0.39 is 0 Å². The van der Waals surface area contributed by atoms with E-state index >= 15 is 0 Å². The first kappa shape index (κ1) is 11.9. The highest BCUT2D eigenvalue weighted by atomic mass is 79.9. The van der Waals surface area contributed by atoms with E-state index in [9.17, 15) is 9.18 Å². The molecular formula is C11H11BrFNO. The molecule has 0 bridgehead atoms. The van der Waals surface area contributed by atoms with Crippen molar-refractivity contribution in [2.75, 3.05) is 14.1 Å². The smallest absolute Gasteiger partial charge is 0.144 e. The molecule has 0 N–H and O–H groups in total. The van der Waals surface area contributed by atoms with Crippen LogP contribution >= 0.6 is 15.9 Å². The number of aldehydes is 1. The Balaban J connectivity index is 3.28. The van der Waals surface area contributed by atoms with Crippen LogP contribution in [0, 0.1) is 5.82 Å². The Labute approximate surface area is 96.5 Å². The third-order valence-corrected chi connectivity index (χ3v) is 2.60. The molecule has 80 valence electrons. The molecule has 1 aromatic rings. The number of allylic oxidation sites excluding steroid dienone is 1. The molecule has 1 rings (SSSR count). The number of hydrogen-bond donors (Lipinski definition) is 0. The molecule has 0 saturated carbocycles. The lowest BCUT2D eigenvalue weighted by molar-refractivity contribution is -0.104. The van der Waals surface area contributed by atoms with Crippen molar-refractivity contribution < 1.29 is 9.18 Å². The number of rotatable bonds is 3. The van der Waals surface area contributed by atoms with E-state index in [1.807, 2.05) is 0 Å². The summed E-state index contributed by atoms with van der Waals surface area (Å²) < 4.78 is 13.8. The minimum atomic E-state index is -0.327. The lowest BCUT2D eigenvalue weighted by Gasteiger charge is -2.18. The van der Waals surface area contributed by atoms with Gasteiger partial charge < -0.3 is 4.90 Å². The molecule has 0 aliphatic rings. The minimum Gasteiger partial charge on any atom is -0.377 e. The van der Waals surface area contributed by atoms with Crippen LogP contribution in [0.1, 0.15) is 5.56 Å². The summed E-state index contributed by atoms with van der Waals surface area (Å²) in [6.45, 7) is 0. The molecule has 4 heteroatoms. The fourth-order valence-corrected chi connectivity index (χ4v) is 1.69. The van der Waals surface area contributed by atoms with Gasteiger partial charge in [0.1, 0.15) is 12.1 Å². The highest BCUT2D eigenvalue weighted by molar-refractivity contribution is 9.10. The van der Waals surface area contributed by atoms with Crippen molar-refractivity contribution in [3.8, 4) is 0 Å².